The first-order valence-electron chi connectivity index (χ1n) is 17.0. The van der Waals surface area contributed by atoms with E-state index in [1.165, 1.54) is 6.08 Å². The van der Waals surface area contributed by atoms with Crippen molar-refractivity contribution in [2.45, 2.75) is 136 Å². The number of carbonyl (C=O) groups is 6. The van der Waals surface area contributed by atoms with Gasteiger partial charge >= 0.3 is 12.1 Å². The number of likely N-dealkylation sites (tertiary alicyclic amines) is 1. The smallest absolute Gasteiger partial charge is 0.408 e. The lowest BCUT2D eigenvalue weighted by Gasteiger charge is -2.35. The van der Waals surface area contributed by atoms with Gasteiger partial charge in [0.1, 0.15) is 29.3 Å². The predicted octanol–water partition coefficient (Wildman–Crippen LogP) is 3.81. The van der Waals surface area contributed by atoms with E-state index in [2.05, 4.69) is 36.4 Å². The van der Waals surface area contributed by atoms with Gasteiger partial charge in [0.25, 0.3) is 5.91 Å². The number of ketones is 1. The van der Waals surface area contributed by atoms with Crippen LogP contribution in [0.25, 0.3) is 0 Å². The van der Waals surface area contributed by atoms with E-state index < -0.39 is 53.0 Å². The lowest BCUT2D eigenvalue weighted by atomic mass is 9.94. The summed E-state index contributed by atoms with van der Waals surface area (Å²) in [5, 5.41) is 8.14. The third kappa shape index (κ3) is 10.3. The second kappa shape index (κ2) is 15.2. The van der Waals surface area contributed by atoms with Crippen molar-refractivity contribution in [3.05, 3.63) is 12.7 Å². The van der Waals surface area contributed by atoms with Crippen molar-refractivity contribution in [1.29, 1.82) is 0 Å². The zero-order valence-corrected chi connectivity index (χ0v) is 29.5. The number of nitrogens with zero attached hydrogens (tertiary/aromatic N) is 1. The predicted molar refractivity (Wildman–Crippen MR) is 176 cm³/mol. The Morgan fingerprint density at radius 1 is 0.936 bits per heavy atom. The molecule has 3 N–H and O–H groups in total. The number of piperidine rings is 1. The molecule has 1 saturated heterocycles. The molecule has 0 aromatic rings. The number of hydrogen-bond donors (Lipinski definition) is 3. The molecule has 0 bridgehead atoms. The van der Waals surface area contributed by atoms with E-state index in [0.717, 1.165) is 25.7 Å². The Kier molecular flexibility index (Phi) is 12.3. The van der Waals surface area contributed by atoms with Crippen molar-refractivity contribution >= 4 is 35.6 Å². The van der Waals surface area contributed by atoms with Gasteiger partial charge in [0.15, 0.2) is 0 Å². The first kappa shape index (κ1) is 38.0. The summed E-state index contributed by atoms with van der Waals surface area (Å²) in [5.41, 5.74) is -1.50. The van der Waals surface area contributed by atoms with Gasteiger partial charge in [0, 0.05) is 19.5 Å². The van der Waals surface area contributed by atoms with Crippen LogP contribution in [0.2, 0.25) is 0 Å². The van der Waals surface area contributed by atoms with E-state index in [4.69, 9.17) is 9.47 Å². The lowest BCUT2D eigenvalue weighted by molar-refractivity contribution is -0.155. The first-order chi connectivity index (χ1) is 21.8. The Labute approximate surface area is 279 Å². The monoisotopic (exact) mass is 660 g/mol. The minimum Gasteiger partial charge on any atom is -0.460 e. The van der Waals surface area contributed by atoms with E-state index in [9.17, 15) is 28.8 Å². The van der Waals surface area contributed by atoms with Gasteiger partial charge in [-0.2, -0.15) is 0 Å². The van der Waals surface area contributed by atoms with Crippen LogP contribution in [0.5, 0.6) is 0 Å². The van der Waals surface area contributed by atoms with Crippen molar-refractivity contribution < 1.29 is 38.2 Å². The molecule has 0 radical (unpaired) electrons. The van der Waals surface area contributed by atoms with Gasteiger partial charge in [0.2, 0.25) is 17.6 Å². The molecule has 264 valence electrons. The molecule has 4 amide bonds. The topological polar surface area (TPSA) is 160 Å². The van der Waals surface area contributed by atoms with Crippen LogP contribution in [0.3, 0.4) is 0 Å². The van der Waals surface area contributed by atoms with Crippen LogP contribution < -0.4 is 16.0 Å². The number of amides is 4. The molecule has 12 nitrogen and oxygen atoms in total. The van der Waals surface area contributed by atoms with Crippen LogP contribution in [0, 0.1) is 23.2 Å². The Morgan fingerprint density at radius 3 is 2.13 bits per heavy atom. The number of fused-ring (bicyclic) bond motifs is 1. The molecule has 1 unspecified atom stereocenters. The van der Waals surface area contributed by atoms with Crippen molar-refractivity contribution in [1.82, 2.24) is 20.9 Å². The van der Waals surface area contributed by atoms with E-state index in [1.54, 1.807) is 46.4 Å². The van der Waals surface area contributed by atoms with Crippen molar-refractivity contribution in [2.24, 2.45) is 23.2 Å². The minimum atomic E-state index is -1.16. The molecule has 0 aromatic carbocycles. The molecule has 3 rings (SSSR count). The standard InChI is InChI=1S/C35H56N4O8/c1-10-15-23(28(41)30(43)36-19-14-13-18-24(40)46-33(2,3)4)37-29(42)27-25-22(35(25,8)9)20-39(27)31(44)26(21-16-11-12-17-21)38-32(45)47-34(5,6)7/h10,21-23,25-27H,1,11-20H2,2-9H3,(H,36,43)(H,37,42)(H,38,45)/t22-,23?,25-,26-,27-/m0/s1. The normalized spacial score (nSPS) is 23.1. The highest BCUT2D eigenvalue weighted by molar-refractivity contribution is 6.38. The largest absolute Gasteiger partial charge is 0.460 e. The van der Waals surface area contributed by atoms with E-state index >= 15 is 0 Å². The molecule has 2 saturated carbocycles. The number of Topliss-reactive ketones (excluding diaryl/α,β-unsaturated/α-hetero) is 1. The van der Waals surface area contributed by atoms with Gasteiger partial charge < -0.3 is 30.3 Å². The van der Waals surface area contributed by atoms with Crippen LogP contribution in [-0.2, 0) is 33.4 Å². The zero-order chi connectivity index (χ0) is 35.3. The fourth-order valence-electron chi connectivity index (χ4n) is 6.99. The maximum atomic E-state index is 14.2. The van der Waals surface area contributed by atoms with Gasteiger partial charge in [-0.15, -0.1) is 6.58 Å². The Morgan fingerprint density at radius 2 is 1.55 bits per heavy atom. The van der Waals surface area contributed by atoms with Crippen molar-refractivity contribution in [3.63, 3.8) is 0 Å². The summed E-state index contributed by atoms with van der Waals surface area (Å²) < 4.78 is 10.8. The quantitative estimate of drug-likeness (QED) is 0.110. The zero-order valence-electron chi connectivity index (χ0n) is 29.5. The number of nitrogens with one attached hydrogen (secondary N) is 3. The molecule has 0 spiro atoms. The summed E-state index contributed by atoms with van der Waals surface area (Å²) in [7, 11) is 0. The van der Waals surface area contributed by atoms with Crippen molar-refractivity contribution in [2.75, 3.05) is 13.1 Å². The summed E-state index contributed by atoms with van der Waals surface area (Å²) in [5.74, 6) is -2.95. The molecule has 5 atom stereocenters. The lowest BCUT2D eigenvalue weighted by Crippen LogP contribution is -2.59. The average Bonchev–Trinajstić information content (AvgIpc) is 3.38. The molecule has 12 heteroatoms. The van der Waals surface area contributed by atoms with Gasteiger partial charge in [-0.05, 0) is 96.8 Å². The maximum absolute atomic E-state index is 14.2. The molecular formula is C35H56N4O8. The van der Waals surface area contributed by atoms with Gasteiger partial charge in [-0.3, -0.25) is 24.0 Å². The maximum Gasteiger partial charge on any atom is 0.408 e. The Bertz CT molecular complexity index is 1210. The summed E-state index contributed by atoms with van der Waals surface area (Å²) >= 11 is 0. The van der Waals surface area contributed by atoms with Crippen LogP contribution in [0.15, 0.2) is 12.7 Å². The highest BCUT2D eigenvalue weighted by Gasteiger charge is 2.69. The van der Waals surface area contributed by atoms with Gasteiger partial charge in [-0.25, -0.2) is 4.79 Å². The SMILES string of the molecule is C=CCC(NC(=O)[C@@H]1[C@@H]2[C@H](CN1C(=O)[C@@H](NC(=O)OC(C)(C)C)C1CCCC1)C2(C)C)C(=O)C(=O)NCCCCC(=O)OC(C)(C)C. The summed E-state index contributed by atoms with van der Waals surface area (Å²) in [6, 6.07) is -2.86. The van der Waals surface area contributed by atoms with Crippen LogP contribution in [0.1, 0.15) is 107 Å². The molecule has 3 aliphatic rings. The van der Waals surface area contributed by atoms with Crippen LogP contribution >= 0.6 is 0 Å². The fourth-order valence-corrected chi connectivity index (χ4v) is 6.99. The number of alkyl carbamates (subject to hydrolysis) is 1. The highest BCUT2D eigenvalue weighted by atomic mass is 16.6. The average molecular weight is 661 g/mol. The molecule has 47 heavy (non-hydrogen) atoms. The number of rotatable bonds is 14. The number of ether oxygens (including phenoxy) is 2. The van der Waals surface area contributed by atoms with Crippen molar-refractivity contribution in [3.8, 4) is 0 Å². The van der Waals surface area contributed by atoms with E-state index in [1.807, 2.05) is 0 Å². The highest BCUT2D eigenvalue weighted by Crippen LogP contribution is 2.65. The van der Waals surface area contributed by atoms with Crippen LogP contribution in [0.4, 0.5) is 4.79 Å². The summed E-state index contributed by atoms with van der Waals surface area (Å²) in [6.45, 7) is 19.0. The van der Waals surface area contributed by atoms with Crippen LogP contribution in [-0.4, -0.2) is 82.9 Å². The minimum absolute atomic E-state index is 0.0275. The molecule has 1 aliphatic heterocycles. The fraction of sp³-hybridized carbons (Fsp3) is 0.771. The number of unbranched alkanes of at least 4 members (excludes halogenated alkanes) is 1. The molecule has 1 heterocycles. The third-order valence-electron chi connectivity index (χ3n) is 9.34. The van der Waals surface area contributed by atoms with E-state index in [-0.39, 0.29) is 54.4 Å². The summed E-state index contributed by atoms with van der Waals surface area (Å²) in [4.78, 5) is 80.3. The Hall–Kier alpha value is -3.44. The molecule has 3 fully saturated rings. The number of carbonyl (C=O) groups excluding carboxylic acids is 6. The number of hydrogen-bond acceptors (Lipinski definition) is 8. The van der Waals surface area contributed by atoms with Gasteiger partial charge in [-0.1, -0.05) is 32.8 Å². The van der Waals surface area contributed by atoms with Gasteiger partial charge in [0.05, 0.1) is 0 Å². The molecular weight excluding hydrogens is 604 g/mol. The third-order valence-corrected chi connectivity index (χ3v) is 9.34. The summed E-state index contributed by atoms with van der Waals surface area (Å²) in [6.07, 6.45) is 5.40. The second-order valence-corrected chi connectivity index (χ2v) is 15.8. The Balaban J connectivity index is 1.67. The molecule has 0 aromatic heterocycles. The molecule has 2 aliphatic carbocycles. The number of esters is 1. The first-order valence-corrected chi connectivity index (χ1v) is 17.0. The van der Waals surface area contributed by atoms with E-state index in [0.29, 0.717) is 19.4 Å². The second-order valence-electron chi connectivity index (χ2n) is 15.8.